The van der Waals surface area contributed by atoms with Gasteiger partial charge in [0.15, 0.2) is 0 Å². The van der Waals surface area contributed by atoms with Crippen molar-refractivity contribution in [2.45, 2.75) is 83.8 Å². The fraction of sp³-hybridized carbons (Fsp3) is 0.615. The van der Waals surface area contributed by atoms with Crippen molar-refractivity contribution in [3.8, 4) is 5.75 Å². The average molecular weight is 471 g/mol. The van der Waals surface area contributed by atoms with Gasteiger partial charge in [0.05, 0.1) is 36.6 Å². The number of aryl methyl sites for hydroxylation is 2. The van der Waals surface area contributed by atoms with E-state index in [1.807, 2.05) is 30.7 Å². The Morgan fingerprint density at radius 3 is 2.76 bits per heavy atom. The highest BCUT2D eigenvalue weighted by molar-refractivity contribution is 5.73. The lowest BCUT2D eigenvalue weighted by atomic mass is 9.85. The largest absolute Gasteiger partial charge is 0.492 e. The Hall–Kier alpha value is -2.42. The van der Waals surface area contributed by atoms with E-state index in [1.165, 1.54) is 12.5 Å². The van der Waals surface area contributed by atoms with Crippen LogP contribution < -0.4 is 10.1 Å². The molecule has 0 unspecified atom stereocenters. The number of benzene rings is 1. The predicted octanol–water partition coefficient (Wildman–Crippen LogP) is 2.59. The number of rotatable bonds is 7. The number of carbonyl (C=O) groups excluding carboxylic acids is 1. The Balaban J connectivity index is 1.35. The first-order valence-electron chi connectivity index (χ1n) is 12.3. The highest BCUT2D eigenvalue weighted by Gasteiger charge is 2.44. The van der Waals surface area contributed by atoms with E-state index < -0.39 is 11.6 Å². The van der Waals surface area contributed by atoms with Crippen LogP contribution in [0.3, 0.4) is 0 Å². The topological polar surface area (TPSA) is 88.9 Å². The number of likely N-dealkylation sites (tertiary alicyclic amines) is 1. The summed E-state index contributed by atoms with van der Waals surface area (Å²) in [7, 11) is 0. The number of hydrogen-bond donors (Lipinski definition) is 2. The van der Waals surface area contributed by atoms with E-state index >= 15 is 0 Å². The average Bonchev–Trinajstić information content (AvgIpc) is 3.03. The summed E-state index contributed by atoms with van der Waals surface area (Å²) >= 11 is 0. The fourth-order valence-corrected chi connectivity index (χ4v) is 5.22. The molecule has 3 heterocycles. The molecule has 8 nitrogen and oxygen atoms in total. The third-order valence-corrected chi connectivity index (χ3v) is 7.04. The molecule has 34 heavy (non-hydrogen) atoms. The van der Waals surface area contributed by atoms with Crippen molar-refractivity contribution in [1.82, 2.24) is 20.0 Å². The van der Waals surface area contributed by atoms with Crippen molar-refractivity contribution in [1.29, 1.82) is 0 Å². The van der Waals surface area contributed by atoms with Crippen molar-refractivity contribution in [2.75, 3.05) is 19.8 Å². The summed E-state index contributed by atoms with van der Waals surface area (Å²) in [5, 5.41) is 18.5. The number of aliphatic hydroxyl groups is 1. The molecule has 1 amide bonds. The smallest absolute Gasteiger partial charge is 0.217 e. The quantitative estimate of drug-likeness (QED) is 0.647. The molecule has 2 saturated heterocycles. The van der Waals surface area contributed by atoms with Gasteiger partial charge in [-0.3, -0.25) is 14.4 Å². The lowest BCUT2D eigenvalue weighted by Crippen LogP contribution is -2.55. The minimum atomic E-state index is -1.02. The van der Waals surface area contributed by atoms with Crippen LogP contribution in [0.4, 0.5) is 0 Å². The molecule has 0 radical (unpaired) electrons. The minimum Gasteiger partial charge on any atom is -0.492 e. The van der Waals surface area contributed by atoms with Crippen LogP contribution in [0.5, 0.6) is 5.75 Å². The fourth-order valence-electron chi connectivity index (χ4n) is 5.22. The monoisotopic (exact) mass is 470 g/mol. The van der Waals surface area contributed by atoms with Gasteiger partial charge in [0.1, 0.15) is 12.4 Å². The highest BCUT2D eigenvalue weighted by atomic mass is 16.5. The Bertz CT molecular complexity index is 972. The molecule has 2 fully saturated rings. The molecule has 4 rings (SSSR count). The third kappa shape index (κ3) is 5.98. The van der Waals surface area contributed by atoms with Crippen LogP contribution in [0.25, 0.3) is 0 Å². The van der Waals surface area contributed by atoms with Gasteiger partial charge in [-0.05, 0) is 70.3 Å². The first-order chi connectivity index (χ1) is 16.2. The van der Waals surface area contributed by atoms with Crippen molar-refractivity contribution < 1.29 is 19.4 Å². The van der Waals surface area contributed by atoms with Crippen LogP contribution in [0.15, 0.2) is 30.3 Å². The van der Waals surface area contributed by atoms with Crippen molar-refractivity contribution >= 4 is 5.91 Å². The van der Waals surface area contributed by atoms with Crippen molar-refractivity contribution in [3.05, 3.63) is 47.3 Å². The second kappa shape index (κ2) is 10.5. The van der Waals surface area contributed by atoms with Gasteiger partial charge in [-0.2, -0.15) is 5.10 Å². The van der Waals surface area contributed by atoms with Crippen LogP contribution in [0.1, 0.15) is 50.1 Å². The van der Waals surface area contributed by atoms with E-state index in [1.54, 1.807) is 0 Å². The summed E-state index contributed by atoms with van der Waals surface area (Å²) in [4.78, 5) is 14.0. The molecule has 0 bridgehead atoms. The molecular weight excluding hydrogens is 432 g/mol. The van der Waals surface area contributed by atoms with Crippen molar-refractivity contribution in [2.24, 2.45) is 0 Å². The first kappa shape index (κ1) is 24.7. The van der Waals surface area contributed by atoms with Crippen LogP contribution in [0, 0.1) is 13.8 Å². The molecule has 0 spiro atoms. The minimum absolute atomic E-state index is 0.0657. The van der Waals surface area contributed by atoms with Gasteiger partial charge in [-0.15, -0.1) is 0 Å². The second-order valence-corrected chi connectivity index (χ2v) is 10.0. The van der Waals surface area contributed by atoms with E-state index in [0.29, 0.717) is 19.6 Å². The Morgan fingerprint density at radius 1 is 1.32 bits per heavy atom. The first-order valence-corrected chi connectivity index (χ1v) is 12.3. The van der Waals surface area contributed by atoms with E-state index in [2.05, 4.69) is 40.4 Å². The molecule has 2 N–H and O–H groups in total. The SMILES string of the molecule is CC(=O)N[C@@H]1CO[C@@H]2CCCN(Cc3ccc(OCCn4nc(C)cc4C)cc3)[C@@H]2C[C@@]1(C)O. The number of nitrogens with one attached hydrogen (secondary N) is 1. The van der Waals surface area contributed by atoms with Gasteiger partial charge in [0, 0.05) is 25.2 Å². The summed E-state index contributed by atoms with van der Waals surface area (Å²) < 4.78 is 14.1. The predicted molar refractivity (Wildman–Crippen MR) is 130 cm³/mol. The van der Waals surface area contributed by atoms with Gasteiger partial charge in [0.2, 0.25) is 5.91 Å². The molecule has 4 atom stereocenters. The number of ether oxygens (including phenoxy) is 2. The third-order valence-electron chi connectivity index (χ3n) is 7.04. The molecular formula is C26H38N4O4. The van der Waals surface area contributed by atoms with E-state index in [0.717, 1.165) is 49.6 Å². The van der Waals surface area contributed by atoms with Gasteiger partial charge < -0.3 is 19.9 Å². The Kier molecular flexibility index (Phi) is 7.60. The number of piperidine rings is 1. The van der Waals surface area contributed by atoms with E-state index in [9.17, 15) is 9.90 Å². The standard InChI is InChI=1S/C26H38N4O4/c1-18-14-19(2)30(28-18)12-13-33-22-9-7-21(8-10-22)16-29-11-5-6-24-23(29)15-26(4,32)25(17-34-24)27-20(3)31/h7-10,14,23-25,32H,5-6,11-13,15-17H2,1-4H3,(H,27,31)/t23-,24-,25-,26-/m1/s1. The van der Waals surface area contributed by atoms with Crippen LogP contribution in [-0.4, -0.2) is 69.2 Å². The number of aromatic nitrogens is 2. The van der Waals surface area contributed by atoms with E-state index in [4.69, 9.17) is 9.47 Å². The van der Waals surface area contributed by atoms with Crippen LogP contribution in [-0.2, 0) is 22.6 Å². The van der Waals surface area contributed by atoms with Crippen LogP contribution in [0.2, 0.25) is 0 Å². The zero-order valence-electron chi connectivity index (χ0n) is 20.8. The van der Waals surface area contributed by atoms with Gasteiger partial charge in [-0.1, -0.05) is 12.1 Å². The highest BCUT2D eigenvalue weighted by Crippen LogP contribution is 2.33. The maximum Gasteiger partial charge on any atom is 0.217 e. The van der Waals surface area contributed by atoms with Gasteiger partial charge in [-0.25, -0.2) is 0 Å². The lowest BCUT2D eigenvalue weighted by Gasteiger charge is -2.42. The summed E-state index contributed by atoms with van der Waals surface area (Å²) in [6.45, 7) is 10.7. The second-order valence-electron chi connectivity index (χ2n) is 10.0. The molecule has 2 aliphatic heterocycles. The lowest BCUT2D eigenvalue weighted by molar-refractivity contribution is -0.122. The number of fused-ring (bicyclic) bond motifs is 1. The molecule has 2 aromatic rings. The zero-order chi connectivity index (χ0) is 24.3. The van der Waals surface area contributed by atoms with Gasteiger partial charge in [0.25, 0.3) is 0 Å². The number of amides is 1. The van der Waals surface area contributed by atoms with Crippen LogP contribution >= 0.6 is 0 Å². The normalized spacial score (nSPS) is 27.6. The van der Waals surface area contributed by atoms with Crippen molar-refractivity contribution in [3.63, 3.8) is 0 Å². The van der Waals surface area contributed by atoms with E-state index in [-0.39, 0.29) is 18.1 Å². The molecule has 2 aliphatic rings. The molecule has 1 aromatic carbocycles. The summed E-state index contributed by atoms with van der Waals surface area (Å²) in [6.07, 6.45) is 2.67. The van der Waals surface area contributed by atoms with Gasteiger partial charge >= 0.3 is 0 Å². The molecule has 186 valence electrons. The Labute approximate surface area is 202 Å². The Morgan fingerprint density at radius 2 is 2.09 bits per heavy atom. The summed E-state index contributed by atoms with van der Waals surface area (Å²) in [5.74, 6) is 0.702. The maximum absolute atomic E-state index is 11.6. The molecule has 1 aromatic heterocycles. The zero-order valence-corrected chi connectivity index (χ0v) is 20.8. The molecule has 0 aliphatic carbocycles. The maximum atomic E-state index is 11.6. The number of nitrogens with zero attached hydrogens (tertiary/aromatic N) is 3. The molecule has 0 saturated carbocycles. The summed E-state index contributed by atoms with van der Waals surface area (Å²) in [6, 6.07) is 10.0. The number of hydrogen-bond acceptors (Lipinski definition) is 6. The summed E-state index contributed by atoms with van der Waals surface area (Å²) in [5.41, 5.74) is 2.34. The number of carbonyl (C=O) groups is 1. The molecule has 8 heteroatoms.